The van der Waals surface area contributed by atoms with Crippen LogP contribution in [0.25, 0.3) is 0 Å². The standard InChI is InChI=1S/C11H22N6O2/c1-4-5-19-11-15-9(14-10(16-11)17-12)13-8(6-18)7(2)3/h7-8,18H,4-6,12H2,1-3H3,(H2,13,14,15,16,17). The largest absolute Gasteiger partial charge is 0.463 e. The highest BCUT2D eigenvalue weighted by Crippen LogP contribution is 2.13. The second-order valence-corrected chi connectivity index (χ2v) is 4.44. The number of hydrogen-bond donors (Lipinski definition) is 4. The first-order valence-electron chi connectivity index (χ1n) is 6.33. The van der Waals surface area contributed by atoms with E-state index in [1.54, 1.807) is 0 Å². The molecule has 1 atom stereocenters. The van der Waals surface area contributed by atoms with E-state index in [0.29, 0.717) is 12.6 Å². The quantitative estimate of drug-likeness (QED) is 0.395. The minimum Gasteiger partial charge on any atom is -0.463 e. The van der Waals surface area contributed by atoms with Gasteiger partial charge in [-0.3, -0.25) is 5.43 Å². The molecule has 19 heavy (non-hydrogen) atoms. The summed E-state index contributed by atoms with van der Waals surface area (Å²) in [6.07, 6.45) is 0.852. The van der Waals surface area contributed by atoms with E-state index >= 15 is 0 Å². The number of rotatable bonds is 8. The minimum absolute atomic E-state index is 0.0140. The van der Waals surface area contributed by atoms with Gasteiger partial charge in [0.25, 0.3) is 0 Å². The number of aliphatic hydroxyl groups is 1. The molecule has 1 heterocycles. The number of nitrogens with one attached hydrogen (secondary N) is 2. The van der Waals surface area contributed by atoms with Gasteiger partial charge in [-0.1, -0.05) is 20.8 Å². The lowest BCUT2D eigenvalue weighted by Gasteiger charge is -2.20. The molecule has 0 fully saturated rings. The smallest absolute Gasteiger partial charge is 0.323 e. The Bertz CT molecular complexity index is 387. The van der Waals surface area contributed by atoms with E-state index in [2.05, 4.69) is 25.7 Å². The molecule has 8 nitrogen and oxygen atoms in total. The van der Waals surface area contributed by atoms with Gasteiger partial charge in [-0.05, 0) is 12.3 Å². The first-order valence-corrected chi connectivity index (χ1v) is 6.33. The number of anilines is 2. The third kappa shape index (κ3) is 4.84. The van der Waals surface area contributed by atoms with Crippen LogP contribution in [-0.4, -0.2) is 39.3 Å². The predicted octanol–water partition coefficient (Wildman–Crippen LogP) is 0.375. The fourth-order valence-corrected chi connectivity index (χ4v) is 1.33. The van der Waals surface area contributed by atoms with Crippen LogP contribution >= 0.6 is 0 Å². The van der Waals surface area contributed by atoms with E-state index < -0.39 is 0 Å². The Hall–Kier alpha value is -1.67. The van der Waals surface area contributed by atoms with Crippen molar-refractivity contribution in [3.05, 3.63) is 0 Å². The molecule has 1 unspecified atom stereocenters. The van der Waals surface area contributed by atoms with Gasteiger partial charge in [-0.25, -0.2) is 5.84 Å². The average molecular weight is 270 g/mol. The number of nitrogen functional groups attached to an aromatic ring is 1. The number of ether oxygens (including phenoxy) is 1. The van der Waals surface area contributed by atoms with Crippen LogP contribution < -0.4 is 21.3 Å². The molecule has 0 aliphatic rings. The van der Waals surface area contributed by atoms with Gasteiger partial charge in [-0.2, -0.15) is 15.0 Å². The third-order valence-electron chi connectivity index (χ3n) is 2.50. The van der Waals surface area contributed by atoms with Crippen molar-refractivity contribution in [1.82, 2.24) is 15.0 Å². The predicted molar refractivity (Wildman–Crippen MR) is 72.8 cm³/mol. The first kappa shape index (κ1) is 15.4. The summed E-state index contributed by atoms with van der Waals surface area (Å²) in [5.74, 6) is 6.07. The van der Waals surface area contributed by atoms with Crippen LogP contribution in [0, 0.1) is 5.92 Å². The van der Waals surface area contributed by atoms with E-state index in [1.165, 1.54) is 0 Å². The number of nitrogens with zero attached hydrogens (tertiary/aromatic N) is 3. The van der Waals surface area contributed by atoms with E-state index in [4.69, 9.17) is 10.6 Å². The van der Waals surface area contributed by atoms with Crippen LogP contribution in [0.2, 0.25) is 0 Å². The lowest BCUT2D eigenvalue weighted by molar-refractivity contribution is 0.248. The third-order valence-corrected chi connectivity index (χ3v) is 2.50. The molecule has 1 rings (SSSR count). The molecule has 0 aliphatic heterocycles. The van der Waals surface area contributed by atoms with Crippen LogP contribution in [-0.2, 0) is 0 Å². The number of nitrogens with two attached hydrogens (primary N) is 1. The number of hydrazine groups is 1. The molecule has 0 saturated carbocycles. The molecular weight excluding hydrogens is 248 g/mol. The topological polar surface area (TPSA) is 118 Å². The SMILES string of the molecule is CCCOc1nc(NN)nc(NC(CO)C(C)C)n1. The molecule has 0 radical (unpaired) electrons. The van der Waals surface area contributed by atoms with Gasteiger partial charge in [-0.15, -0.1) is 0 Å². The van der Waals surface area contributed by atoms with Crippen LogP contribution in [0.3, 0.4) is 0 Å². The summed E-state index contributed by atoms with van der Waals surface area (Å²) in [6, 6.07) is 0.0554. The fraction of sp³-hybridized carbons (Fsp3) is 0.727. The maximum Gasteiger partial charge on any atom is 0.323 e. The van der Waals surface area contributed by atoms with Crippen molar-refractivity contribution >= 4 is 11.9 Å². The van der Waals surface area contributed by atoms with Crippen LogP contribution in [0.4, 0.5) is 11.9 Å². The Morgan fingerprint density at radius 1 is 1.26 bits per heavy atom. The molecule has 0 aromatic carbocycles. The molecule has 0 bridgehead atoms. The van der Waals surface area contributed by atoms with Crippen LogP contribution in [0.15, 0.2) is 0 Å². The van der Waals surface area contributed by atoms with Crippen molar-refractivity contribution in [1.29, 1.82) is 0 Å². The normalized spacial score (nSPS) is 12.3. The highest BCUT2D eigenvalue weighted by atomic mass is 16.5. The van der Waals surface area contributed by atoms with Crippen molar-refractivity contribution in [3.63, 3.8) is 0 Å². The highest BCUT2D eigenvalue weighted by molar-refractivity contribution is 5.35. The van der Waals surface area contributed by atoms with Crippen molar-refractivity contribution in [2.45, 2.75) is 33.2 Å². The zero-order chi connectivity index (χ0) is 14.3. The molecule has 0 spiro atoms. The van der Waals surface area contributed by atoms with E-state index in [-0.39, 0.29) is 30.5 Å². The summed E-state index contributed by atoms with van der Waals surface area (Å²) in [4.78, 5) is 12.2. The Morgan fingerprint density at radius 2 is 1.95 bits per heavy atom. The summed E-state index contributed by atoms with van der Waals surface area (Å²) in [7, 11) is 0. The van der Waals surface area contributed by atoms with Gasteiger partial charge in [0.15, 0.2) is 0 Å². The molecule has 1 aromatic heterocycles. The monoisotopic (exact) mass is 270 g/mol. The summed E-state index contributed by atoms with van der Waals surface area (Å²) >= 11 is 0. The second-order valence-electron chi connectivity index (χ2n) is 4.44. The Kier molecular flexibility index (Phi) is 6.23. The van der Waals surface area contributed by atoms with Crippen LogP contribution in [0.5, 0.6) is 6.01 Å². The molecule has 8 heteroatoms. The van der Waals surface area contributed by atoms with Crippen molar-refractivity contribution in [2.24, 2.45) is 11.8 Å². The van der Waals surface area contributed by atoms with E-state index in [1.807, 2.05) is 20.8 Å². The van der Waals surface area contributed by atoms with Gasteiger partial charge in [0.1, 0.15) is 0 Å². The fourth-order valence-electron chi connectivity index (χ4n) is 1.33. The highest BCUT2D eigenvalue weighted by Gasteiger charge is 2.15. The summed E-state index contributed by atoms with van der Waals surface area (Å²) in [5, 5.41) is 12.3. The molecule has 5 N–H and O–H groups in total. The Labute approximate surface area is 112 Å². The minimum atomic E-state index is -0.146. The zero-order valence-corrected chi connectivity index (χ0v) is 11.6. The van der Waals surface area contributed by atoms with Gasteiger partial charge in [0.2, 0.25) is 11.9 Å². The average Bonchev–Trinajstić information content (AvgIpc) is 2.41. The number of aliphatic hydroxyl groups excluding tert-OH is 1. The Morgan fingerprint density at radius 3 is 2.47 bits per heavy atom. The molecule has 1 aromatic rings. The summed E-state index contributed by atoms with van der Waals surface area (Å²) < 4.78 is 5.35. The van der Waals surface area contributed by atoms with Crippen molar-refractivity contribution in [2.75, 3.05) is 24.0 Å². The molecule has 0 saturated heterocycles. The molecule has 0 aliphatic carbocycles. The maximum atomic E-state index is 9.29. The number of hydrogen-bond acceptors (Lipinski definition) is 8. The lowest BCUT2D eigenvalue weighted by Crippen LogP contribution is -2.30. The first-order chi connectivity index (χ1) is 9.10. The summed E-state index contributed by atoms with van der Waals surface area (Å²) in [5.41, 5.74) is 2.36. The Balaban J connectivity index is 2.86. The molecule has 108 valence electrons. The number of aromatic nitrogens is 3. The van der Waals surface area contributed by atoms with Crippen LogP contribution in [0.1, 0.15) is 27.2 Å². The van der Waals surface area contributed by atoms with Crippen molar-refractivity contribution < 1.29 is 9.84 Å². The van der Waals surface area contributed by atoms with Crippen molar-refractivity contribution in [3.8, 4) is 6.01 Å². The van der Waals surface area contributed by atoms with E-state index in [0.717, 1.165) is 6.42 Å². The molecule has 0 amide bonds. The van der Waals surface area contributed by atoms with Gasteiger partial charge in [0, 0.05) is 0 Å². The zero-order valence-electron chi connectivity index (χ0n) is 11.6. The van der Waals surface area contributed by atoms with Gasteiger partial charge in [0.05, 0.1) is 19.3 Å². The van der Waals surface area contributed by atoms with Gasteiger partial charge >= 0.3 is 6.01 Å². The second kappa shape index (κ2) is 7.70. The van der Waals surface area contributed by atoms with E-state index in [9.17, 15) is 5.11 Å². The molecular formula is C11H22N6O2. The lowest BCUT2D eigenvalue weighted by atomic mass is 10.1. The van der Waals surface area contributed by atoms with Gasteiger partial charge < -0.3 is 15.2 Å². The maximum absolute atomic E-state index is 9.29. The summed E-state index contributed by atoms with van der Waals surface area (Å²) in [6.45, 7) is 6.47.